The molecule has 0 bridgehead atoms. The molecular formula is C13H21ClF3NO. The Morgan fingerprint density at radius 1 is 1.42 bits per heavy atom. The highest BCUT2D eigenvalue weighted by Crippen LogP contribution is 2.39. The van der Waals surface area contributed by atoms with Crippen molar-refractivity contribution in [3.63, 3.8) is 0 Å². The average molecular weight is 300 g/mol. The Morgan fingerprint density at radius 2 is 2.11 bits per heavy atom. The number of carbonyl (C=O) groups is 1. The molecule has 1 aliphatic rings. The van der Waals surface area contributed by atoms with Gasteiger partial charge in [0.2, 0.25) is 5.91 Å². The zero-order valence-electron chi connectivity index (χ0n) is 11.1. The Balaban J connectivity index is 2.44. The second-order valence-corrected chi connectivity index (χ2v) is 5.72. The summed E-state index contributed by atoms with van der Waals surface area (Å²) in [5.41, 5.74) is 0. The fourth-order valence-electron chi connectivity index (χ4n) is 2.54. The average Bonchev–Trinajstić information content (AvgIpc) is 2.35. The molecule has 3 unspecified atom stereocenters. The van der Waals surface area contributed by atoms with Crippen LogP contribution in [0.15, 0.2) is 0 Å². The highest BCUT2D eigenvalue weighted by Gasteiger charge is 2.43. The summed E-state index contributed by atoms with van der Waals surface area (Å²) in [5, 5.41) is 2.79. The number of hydrogen-bond acceptors (Lipinski definition) is 1. The maximum Gasteiger partial charge on any atom is 0.391 e. The van der Waals surface area contributed by atoms with Crippen molar-refractivity contribution in [1.29, 1.82) is 0 Å². The van der Waals surface area contributed by atoms with Gasteiger partial charge in [-0.15, -0.1) is 11.6 Å². The summed E-state index contributed by atoms with van der Waals surface area (Å²) in [6.45, 7) is 1.86. The minimum absolute atomic E-state index is 0.0301. The van der Waals surface area contributed by atoms with E-state index in [1.165, 1.54) is 0 Å². The number of carbonyl (C=O) groups excluding carboxylic acids is 1. The third kappa shape index (κ3) is 5.59. The maximum absolute atomic E-state index is 12.7. The van der Waals surface area contributed by atoms with Crippen LogP contribution in [-0.2, 0) is 4.79 Å². The van der Waals surface area contributed by atoms with E-state index in [-0.39, 0.29) is 24.8 Å². The first-order chi connectivity index (χ1) is 8.84. The Bertz CT molecular complexity index is 296. The fraction of sp³-hybridized carbons (Fsp3) is 0.923. The van der Waals surface area contributed by atoms with Crippen LogP contribution in [0.2, 0.25) is 0 Å². The highest BCUT2D eigenvalue weighted by molar-refractivity contribution is 6.17. The zero-order valence-corrected chi connectivity index (χ0v) is 11.9. The molecule has 1 saturated carbocycles. The van der Waals surface area contributed by atoms with Crippen LogP contribution >= 0.6 is 11.6 Å². The summed E-state index contributed by atoms with van der Waals surface area (Å²) in [4.78, 5) is 11.9. The van der Waals surface area contributed by atoms with Crippen LogP contribution in [0.5, 0.6) is 0 Å². The van der Waals surface area contributed by atoms with E-state index < -0.39 is 18.0 Å². The zero-order chi connectivity index (χ0) is 14.5. The van der Waals surface area contributed by atoms with Gasteiger partial charge in [0.05, 0.1) is 5.92 Å². The summed E-state index contributed by atoms with van der Waals surface area (Å²) in [7, 11) is 0. The van der Waals surface area contributed by atoms with E-state index in [9.17, 15) is 18.0 Å². The monoisotopic (exact) mass is 299 g/mol. The Hall–Kier alpha value is -0.450. The van der Waals surface area contributed by atoms with E-state index in [2.05, 4.69) is 5.32 Å². The van der Waals surface area contributed by atoms with Crippen molar-refractivity contribution < 1.29 is 18.0 Å². The molecule has 1 N–H and O–H groups in total. The lowest BCUT2D eigenvalue weighted by molar-refractivity contribution is -0.186. The quantitative estimate of drug-likeness (QED) is 0.767. The lowest BCUT2D eigenvalue weighted by Crippen LogP contribution is -2.41. The summed E-state index contributed by atoms with van der Waals surface area (Å²) in [5.74, 6) is -1.54. The van der Waals surface area contributed by atoms with E-state index in [1.807, 2.05) is 6.92 Å². The Kier molecular flexibility index (Phi) is 6.43. The smallest absolute Gasteiger partial charge is 0.353 e. The van der Waals surface area contributed by atoms with Crippen LogP contribution in [0.1, 0.15) is 45.4 Å². The van der Waals surface area contributed by atoms with Gasteiger partial charge in [-0.3, -0.25) is 4.79 Å². The van der Waals surface area contributed by atoms with Crippen LogP contribution in [0, 0.1) is 11.8 Å². The van der Waals surface area contributed by atoms with Gasteiger partial charge in [-0.25, -0.2) is 0 Å². The maximum atomic E-state index is 12.7. The molecule has 112 valence electrons. The third-order valence-electron chi connectivity index (χ3n) is 3.67. The molecule has 0 heterocycles. The van der Waals surface area contributed by atoms with Gasteiger partial charge in [0, 0.05) is 17.8 Å². The second-order valence-electron chi connectivity index (χ2n) is 5.34. The van der Waals surface area contributed by atoms with Gasteiger partial charge in [-0.2, -0.15) is 13.2 Å². The number of nitrogens with one attached hydrogen (secondary N) is 1. The predicted octanol–water partition coefficient (Wildman–Crippen LogP) is 3.88. The van der Waals surface area contributed by atoms with E-state index in [0.29, 0.717) is 18.7 Å². The summed E-state index contributed by atoms with van der Waals surface area (Å²) < 4.78 is 38.0. The van der Waals surface area contributed by atoms with Crippen molar-refractivity contribution in [2.75, 3.05) is 5.88 Å². The first-order valence-corrected chi connectivity index (χ1v) is 7.31. The summed E-state index contributed by atoms with van der Waals surface area (Å²) in [6, 6.07) is -0.0301. The van der Waals surface area contributed by atoms with Gasteiger partial charge < -0.3 is 5.32 Å². The second kappa shape index (κ2) is 7.36. The molecule has 1 fully saturated rings. The first kappa shape index (κ1) is 16.6. The van der Waals surface area contributed by atoms with Crippen molar-refractivity contribution in [3.05, 3.63) is 0 Å². The molecule has 0 spiro atoms. The lowest BCUT2D eigenvalue weighted by atomic mass is 9.80. The van der Waals surface area contributed by atoms with Gasteiger partial charge in [-0.1, -0.05) is 6.42 Å². The molecule has 3 atom stereocenters. The topological polar surface area (TPSA) is 29.1 Å². The lowest BCUT2D eigenvalue weighted by Gasteiger charge is -2.30. The molecule has 0 aromatic rings. The van der Waals surface area contributed by atoms with E-state index >= 15 is 0 Å². The van der Waals surface area contributed by atoms with E-state index in [4.69, 9.17) is 11.6 Å². The Morgan fingerprint density at radius 3 is 2.68 bits per heavy atom. The normalized spacial score (nSPS) is 25.9. The number of hydrogen-bond donors (Lipinski definition) is 1. The molecule has 0 aromatic heterocycles. The van der Waals surface area contributed by atoms with Crippen molar-refractivity contribution in [3.8, 4) is 0 Å². The van der Waals surface area contributed by atoms with Gasteiger partial charge in [0.25, 0.3) is 0 Å². The number of halogens is 4. The van der Waals surface area contributed by atoms with Crippen molar-refractivity contribution in [2.24, 2.45) is 11.8 Å². The van der Waals surface area contributed by atoms with Gasteiger partial charge >= 0.3 is 6.18 Å². The Labute approximate surface area is 117 Å². The highest BCUT2D eigenvalue weighted by atomic mass is 35.5. The minimum Gasteiger partial charge on any atom is -0.353 e. The van der Waals surface area contributed by atoms with Gasteiger partial charge in [-0.05, 0) is 39.0 Å². The molecule has 0 aromatic carbocycles. The van der Waals surface area contributed by atoms with Gasteiger partial charge in [0.1, 0.15) is 0 Å². The van der Waals surface area contributed by atoms with Crippen LogP contribution < -0.4 is 5.32 Å². The van der Waals surface area contributed by atoms with Crippen LogP contribution in [0.25, 0.3) is 0 Å². The molecule has 19 heavy (non-hydrogen) atoms. The molecule has 0 aliphatic heterocycles. The van der Waals surface area contributed by atoms with Crippen molar-refractivity contribution >= 4 is 17.5 Å². The largest absolute Gasteiger partial charge is 0.391 e. The summed E-state index contributed by atoms with van der Waals surface area (Å²) in [6.07, 6.45) is -1.53. The molecule has 1 rings (SSSR count). The molecule has 6 heteroatoms. The van der Waals surface area contributed by atoms with Crippen molar-refractivity contribution in [1.82, 2.24) is 5.32 Å². The van der Waals surface area contributed by atoms with E-state index in [1.54, 1.807) is 0 Å². The predicted molar refractivity (Wildman–Crippen MR) is 69.1 cm³/mol. The van der Waals surface area contributed by atoms with E-state index in [0.717, 1.165) is 12.8 Å². The SMILES string of the molecule is CC(CCCCl)NC(=O)C1CCCC(C(F)(F)F)C1. The molecule has 0 saturated heterocycles. The summed E-state index contributed by atoms with van der Waals surface area (Å²) >= 11 is 5.56. The van der Waals surface area contributed by atoms with Crippen LogP contribution in [-0.4, -0.2) is 24.0 Å². The molecule has 0 radical (unpaired) electrons. The molecule has 2 nitrogen and oxygen atoms in total. The number of alkyl halides is 4. The molecular weight excluding hydrogens is 279 g/mol. The number of rotatable bonds is 5. The fourth-order valence-corrected chi connectivity index (χ4v) is 2.70. The molecule has 1 aliphatic carbocycles. The van der Waals surface area contributed by atoms with Crippen molar-refractivity contribution in [2.45, 2.75) is 57.7 Å². The molecule has 1 amide bonds. The van der Waals surface area contributed by atoms with Crippen LogP contribution in [0.3, 0.4) is 0 Å². The number of amides is 1. The standard InChI is InChI=1S/C13H21ClF3NO/c1-9(4-3-7-14)18-12(19)10-5-2-6-11(8-10)13(15,16)17/h9-11H,2-8H2,1H3,(H,18,19). The van der Waals surface area contributed by atoms with Crippen LogP contribution in [0.4, 0.5) is 13.2 Å². The third-order valence-corrected chi connectivity index (χ3v) is 3.93. The minimum atomic E-state index is -4.18. The first-order valence-electron chi connectivity index (χ1n) is 6.77. The van der Waals surface area contributed by atoms with Gasteiger partial charge in [0.15, 0.2) is 0 Å².